The average molecular weight is 380 g/mol. The van der Waals surface area contributed by atoms with Gasteiger partial charge in [-0.15, -0.1) is 0 Å². The van der Waals surface area contributed by atoms with Gasteiger partial charge in [-0.2, -0.15) is 0 Å². The summed E-state index contributed by atoms with van der Waals surface area (Å²) in [6, 6.07) is 5.61. The number of thiocarbonyl (C=S) groups is 1. The van der Waals surface area contributed by atoms with Gasteiger partial charge >= 0.3 is 5.97 Å². The van der Waals surface area contributed by atoms with Crippen LogP contribution in [0.5, 0.6) is 0 Å². The van der Waals surface area contributed by atoms with Gasteiger partial charge in [0.25, 0.3) is 0 Å². The third-order valence-electron chi connectivity index (χ3n) is 4.28. The Balaban J connectivity index is 2.36. The lowest BCUT2D eigenvalue weighted by Gasteiger charge is -2.37. The molecule has 26 heavy (non-hydrogen) atoms. The second kappa shape index (κ2) is 9.09. The van der Waals surface area contributed by atoms with Gasteiger partial charge in [-0.3, -0.25) is 0 Å². The van der Waals surface area contributed by atoms with Gasteiger partial charge in [0.15, 0.2) is 5.11 Å². The normalized spacial score (nSPS) is 17.5. The summed E-state index contributed by atoms with van der Waals surface area (Å²) in [6.45, 7) is 5.57. The zero-order chi connectivity index (χ0) is 19.3. The number of hydrogen-bond donors (Lipinski definition) is 1. The Hall–Kier alpha value is -1.99. The summed E-state index contributed by atoms with van der Waals surface area (Å²) in [7, 11) is 4.04. The first-order chi connectivity index (χ1) is 12.3. The second-order valence-electron chi connectivity index (χ2n) is 6.46. The largest absolute Gasteiger partial charge is 0.463 e. The van der Waals surface area contributed by atoms with Crippen LogP contribution < -0.4 is 5.32 Å². The topological polar surface area (TPSA) is 44.8 Å². The number of ether oxygens (including phenoxy) is 1. The van der Waals surface area contributed by atoms with E-state index in [1.54, 1.807) is 19.1 Å². The number of hydrogen-bond acceptors (Lipinski definition) is 4. The van der Waals surface area contributed by atoms with E-state index in [1.165, 1.54) is 12.1 Å². The molecule has 1 heterocycles. The van der Waals surface area contributed by atoms with Crippen molar-refractivity contribution < 1.29 is 13.9 Å². The number of halogens is 1. The zero-order valence-corrected chi connectivity index (χ0v) is 16.5. The molecular formula is C19H26FN3O2S. The van der Waals surface area contributed by atoms with Gasteiger partial charge in [-0.1, -0.05) is 12.1 Å². The fourth-order valence-corrected chi connectivity index (χ4v) is 3.32. The van der Waals surface area contributed by atoms with E-state index >= 15 is 0 Å². The van der Waals surface area contributed by atoms with E-state index in [0.29, 0.717) is 17.2 Å². The fourth-order valence-electron chi connectivity index (χ4n) is 2.97. The molecule has 0 bridgehead atoms. The maximum atomic E-state index is 13.3. The Labute approximate surface area is 159 Å². The van der Waals surface area contributed by atoms with E-state index in [2.05, 4.69) is 10.2 Å². The van der Waals surface area contributed by atoms with Gasteiger partial charge in [0.1, 0.15) is 5.82 Å². The number of nitrogens with zero attached hydrogens (tertiary/aromatic N) is 2. The van der Waals surface area contributed by atoms with Crippen molar-refractivity contribution in [1.29, 1.82) is 0 Å². The molecule has 5 nitrogen and oxygen atoms in total. The average Bonchev–Trinajstić information content (AvgIpc) is 2.58. The van der Waals surface area contributed by atoms with Crippen molar-refractivity contribution in [2.24, 2.45) is 0 Å². The van der Waals surface area contributed by atoms with Crippen LogP contribution in [0.1, 0.15) is 31.9 Å². The first-order valence-corrected chi connectivity index (χ1v) is 9.12. The highest BCUT2D eigenvalue weighted by Crippen LogP contribution is 2.31. The van der Waals surface area contributed by atoms with Crippen LogP contribution in [0.2, 0.25) is 0 Å². The number of allylic oxidation sites excluding steroid dienone is 1. The Morgan fingerprint density at radius 3 is 2.58 bits per heavy atom. The molecule has 0 aliphatic carbocycles. The lowest BCUT2D eigenvalue weighted by Crippen LogP contribution is -2.48. The number of carbonyl (C=O) groups excluding carboxylic acids is 1. The van der Waals surface area contributed by atoms with Crippen LogP contribution >= 0.6 is 12.2 Å². The summed E-state index contributed by atoms with van der Waals surface area (Å²) >= 11 is 5.53. The van der Waals surface area contributed by atoms with E-state index in [-0.39, 0.29) is 18.4 Å². The monoisotopic (exact) mass is 379 g/mol. The van der Waals surface area contributed by atoms with E-state index in [1.807, 2.05) is 25.9 Å². The molecule has 0 saturated carbocycles. The van der Waals surface area contributed by atoms with Crippen molar-refractivity contribution in [3.05, 3.63) is 46.9 Å². The van der Waals surface area contributed by atoms with E-state index in [4.69, 9.17) is 17.0 Å². The van der Waals surface area contributed by atoms with Crippen molar-refractivity contribution in [3.8, 4) is 0 Å². The number of esters is 1. The third-order valence-corrected chi connectivity index (χ3v) is 4.62. The Kier molecular flexibility index (Phi) is 7.11. The standard InChI is InChI=1S/C19H26FN3O2S/c1-5-25-18(24)16-13(2)23(12-6-11-22(3)4)19(26)21-17(16)14-7-9-15(20)10-8-14/h7-10,17H,5-6,11-12H2,1-4H3,(H,21,26)/t17-/m0/s1. The molecule has 0 spiro atoms. The Morgan fingerprint density at radius 1 is 1.35 bits per heavy atom. The number of rotatable bonds is 7. The van der Waals surface area contributed by atoms with Gasteiger partial charge in [0.05, 0.1) is 18.2 Å². The first kappa shape index (κ1) is 20.3. The van der Waals surface area contributed by atoms with Crippen LogP contribution in [0.4, 0.5) is 4.39 Å². The van der Waals surface area contributed by atoms with Crippen LogP contribution in [-0.2, 0) is 9.53 Å². The van der Waals surface area contributed by atoms with Crippen molar-refractivity contribution in [2.45, 2.75) is 26.3 Å². The minimum atomic E-state index is -0.452. The smallest absolute Gasteiger partial charge is 0.338 e. The molecule has 0 fully saturated rings. The van der Waals surface area contributed by atoms with Crippen molar-refractivity contribution >= 4 is 23.3 Å². The Morgan fingerprint density at radius 2 is 2.00 bits per heavy atom. The third kappa shape index (κ3) is 4.80. The quantitative estimate of drug-likeness (QED) is 0.581. The van der Waals surface area contributed by atoms with E-state index in [9.17, 15) is 9.18 Å². The summed E-state index contributed by atoms with van der Waals surface area (Å²) in [5, 5.41) is 3.78. The molecule has 0 unspecified atom stereocenters. The molecule has 1 N–H and O–H groups in total. The fraction of sp³-hybridized carbons (Fsp3) is 0.474. The zero-order valence-electron chi connectivity index (χ0n) is 15.7. The second-order valence-corrected chi connectivity index (χ2v) is 6.85. The van der Waals surface area contributed by atoms with Gasteiger partial charge in [0, 0.05) is 12.2 Å². The maximum absolute atomic E-state index is 13.3. The summed E-state index contributed by atoms with van der Waals surface area (Å²) in [5.74, 6) is -0.706. The summed E-state index contributed by atoms with van der Waals surface area (Å²) in [6.07, 6.45) is 0.906. The molecule has 142 valence electrons. The minimum absolute atomic E-state index is 0.289. The van der Waals surface area contributed by atoms with Crippen molar-refractivity contribution in [2.75, 3.05) is 33.8 Å². The van der Waals surface area contributed by atoms with Crippen LogP contribution in [-0.4, -0.2) is 54.7 Å². The van der Waals surface area contributed by atoms with Crippen LogP contribution in [0.15, 0.2) is 35.5 Å². The summed E-state index contributed by atoms with van der Waals surface area (Å²) in [4.78, 5) is 16.7. The number of nitrogens with one attached hydrogen (secondary N) is 1. The Bertz CT molecular complexity index is 689. The van der Waals surface area contributed by atoms with Gasteiger partial charge in [-0.05, 0) is 70.8 Å². The molecule has 1 aromatic rings. The maximum Gasteiger partial charge on any atom is 0.338 e. The highest BCUT2D eigenvalue weighted by molar-refractivity contribution is 7.80. The lowest BCUT2D eigenvalue weighted by atomic mass is 9.95. The van der Waals surface area contributed by atoms with Crippen LogP contribution in [0.3, 0.4) is 0 Å². The predicted octanol–water partition coefficient (Wildman–Crippen LogP) is 2.85. The molecule has 0 amide bonds. The highest BCUT2D eigenvalue weighted by atomic mass is 32.1. The molecule has 2 rings (SSSR count). The molecule has 7 heteroatoms. The van der Waals surface area contributed by atoms with Gasteiger partial charge in [-0.25, -0.2) is 9.18 Å². The first-order valence-electron chi connectivity index (χ1n) is 8.71. The van der Waals surface area contributed by atoms with Gasteiger partial charge in [0.2, 0.25) is 0 Å². The van der Waals surface area contributed by atoms with Crippen molar-refractivity contribution in [3.63, 3.8) is 0 Å². The molecule has 0 aromatic heterocycles. The molecule has 1 aliphatic rings. The SMILES string of the molecule is CCOC(=O)C1=C(C)N(CCCN(C)C)C(=S)N[C@H]1c1ccc(F)cc1. The summed E-state index contributed by atoms with van der Waals surface area (Å²) in [5.41, 5.74) is 2.06. The molecule has 0 saturated heterocycles. The molecule has 0 radical (unpaired) electrons. The summed E-state index contributed by atoms with van der Waals surface area (Å²) < 4.78 is 18.6. The molecule has 1 aliphatic heterocycles. The van der Waals surface area contributed by atoms with Gasteiger partial charge < -0.3 is 19.9 Å². The van der Waals surface area contributed by atoms with Crippen LogP contribution in [0, 0.1) is 5.82 Å². The van der Waals surface area contributed by atoms with E-state index in [0.717, 1.165) is 24.2 Å². The minimum Gasteiger partial charge on any atom is -0.463 e. The predicted molar refractivity (Wildman–Crippen MR) is 104 cm³/mol. The van der Waals surface area contributed by atoms with Crippen LogP contribution in [0.25, 0.3) is 0 Å². The molecule has 1 aromatic carbocycles. The molecule has 1 atom stereocenters. The number of carbonyl (C=O) groups is 1. The highest BCUT2D eigenvalue weighted by Gasteiger charge is 2.34. The van der Waals surface area contributed by atoms with Crippen molar-refractivity contribution in [1.82, 2.24) is 15.1 Å². The van der Waals surface area contributed by atoms with E-state index < -0.39 is 6.04 Å². The molecular weight excluding hydrogens is 353 g/mol. The number of benzene rings is 1. The lowest BCUT2D eigenvalue weighted by molar-refractivity contribution is -0.139.